The van der Waals surface area contributed by atoms with Gasteiger partial charge in [-0.05, 0) is 39.5 Å². The number of hydrogen-bond donors (Lipinski definition) is 2. The lowest BCUT2D eigenvalue weighted by Crippen LogP contribution is -2.36. The normalized spacial score (nSPS) is 14.7. The van der Waals surface area contributed by atoms with Crippen LogP contribution >= 0.6 is 0 Å². The molecule has 2 rings (SSSR count). The highest BCUT2D eigenvalue weighted by molar-refractivity contribution is 5.76. The number of nitrogens with one attached hydrogen (secondary N) is 2. The molecule has 1 aromatic heterocycles. The molecule has 1 heterocycles. The summed E-state index contributed by atoms with van der Waals surface area (Å²) in [5.41, 5.74) is 3.36. The lowest BCUT2D eigenvalue weighted by Gasteiger charge is -2.15. The molecule has 0 spiro atoms. The summed E-state index contributed by atoms with van der Waals surface area (Å²) in [5, 5.41) is 11.1. The predicted octanol–water partition coefficient (Wildman–Crippen LogP) is 2.06. The van der Waals surface area contributed by atoms with E-state index in [1.54, 1.807) is 0 Å². The lowest BCUT2D eigenvalue weighted by molar-refractivity contribution is -0.122. The van der Waals surface area contributed by atoms with E-state index < -0.39 is 0 Å². The van der Waals surface area contributed by atoms with Crippen molar-refractivity contribution in [2.24, 2.45) is 0 Å². The van der Waals surface area contributed by atoms with Gasteiger partial charge in [0.15, 0.2) is 0 Å². The van der Waals surface area contributed by atoms with Crippen molar-refractivity contribution in [1.29, 1.82) is 0 Å². The Labute approximate surface area is 127 Å². The average molecular weight is 292 g/mol. The number of aromatic nitrogens is 2. The minimum atomic E-state index is 0.0519. The number of amides is 1. The summed E-state index contributed by atoms with van der Waals surface area (Å²) in [6, 6.07) is 0.954. The van der Waals surface area contributed by atoms with Gasteiger partial charge in [0, 0.05) is 29.9 Å². The molecule has 1 aliphatic carbocycles. The highest BCUT2D eigenvalue weighted by Crippen LogP contribution is 2.21. The molecule has 2 N–H and O–H groups in total. The van der Waals surface area contributed by atoms with E-state index in [0.717, 1.165) is 30.8 Å². The van der Waals surface area contributed by atoms with Crippen LogP contribution in [0.2, 0.25) is 0 Å². The van der Waals surface area contributed by atoms with Crippen molar-refractivity contribution in [3.8, 4) is 0 Å². The van der Waals surface area contributed by atoms with Crippen molar-refractivity contribution in [3.05, 3.63) is 17.0 Å². The number of hydrogen-bond acceptors (Lipinski definition) is 3. The van der Waals surface area contributed by atoms with Crippen LogP contribution in [0.25, 0.3) is 0 Å². The number of carbonyl (C=O) groups is 1. The molecule has 0 aliphatic heterocycles. The highest BCUT2D eigenvalue weighted by atomic mass is 16.2. The second kappa shape index (κ2) is 7.07. The molecule has 5 nitrogen and oxygen atoms in total. The van der Waals surface area contributed by atoms with Gasteiger partial charge in [-0.3, -0.25) is 9.48 Å². The molecule has 0 aromatic carbocycles. The first kappa shape index (κ1) is 16.0. The Hall–Kier alpha value is -1.36. The third kappa shape index (κ3) is 4.30. The molecule has 0 unspecified atom stereocenters. The van der Waals surface area contributed by atoms with Crippen LogP contribution in [0.1, 0.15) is 56.5 Å². The fourth-order valence-corrected chi connectivity index (χ4v) is 2.58. The first-order valence-electron chi connectivity index (χ1n) is 8.10. The van der Waals surface area contributed by atoms with Crippen LogP contribution in [0.15, 0.2) is 0 Å². The fourth-order valence-electron chi connectivity index (χ4n) is 2.58. The summed E-state index contributed by atoms with van der Waals surface area (Å²) < 4.78 is 1.83. The Morgan fingerprint density at radius 3 is 2.57 bits per heavy atom. The van der Waals surface area contributed by atoms with Crippen molar-refractivity contribution in [1.82, 2.24) is 20.4 Å². The largest absolute Gasteiger partial charge is 0.352 e. The van der Waals surface area contributed by atoms with E-state index in [0.29, 0.717) is 12.6 Å². The smallest absolute Gasteiger partial charge is 0.241 e. The Balaban J connectivity index is 1.96. The maximum Gasteiger partial charge on any atom is 0.241 e. The molecular formula is C16H28N4O. The summed E-state index contributed by atoms with van der Waals surface area (Å²) >= 11 is 0. The van der Waals surface area contributed by atoms with Crippen LogP contribution in [-0.4, -0.2) is 27.8 Å². The van der Waals surface area contributed by atoms with E-state index in [9.17, 15) is 4.79 Å². The van der Waals surface area contributed by atoms with E-state index in [-0.39, 0.29) is 11.9 Å². The summed E-state index contributed by atoms with van der Waals surface area (Å²) in [6.07, 6.45) is 4.50. The van der Waals surface area contributed by atoms with E-state index in [2.05, 4.69) is 29.6 Å². The van der Waals surface area contributed by atoms with Gasteiger partial charge in [0.05, 0.1) is 5.69 Å². The molecule has 5 heteroatoms. The van der Waals surface area contributed by atoms with Gasteiger partial charge in [-0.15, -0.1) is 0 Å². The number of aryl methyl sites for hydroxylation is 1. The van der Waals surface area contributed by atoms with Gasteiger partial charge in [0.25, 0.3) is 0 Å². The van der Waals surface area contributed by atoms with Crippen molar-refractivity contribution < 1.29 is 4.79 Å². The lowest BCUT2D eigenvalue weighted by atomic mass is 10.2. The van der Waals surface area contributed by atoms with Crippen molar-refractivity contribution in [3.63, 3.8) is 0 Å². The van der Waals surface area contributed by atoms with Crippen LogP contribution < -0.4 is 10.6 Å². The molecule has 0 bridgehead atoms. The molecule has 1 aromatic rings. The highest BCUT2D eigenvalue weighted by Gasteiger charge is 2.22. The second-order valence-electron chi connectivity index (χ2n) is 6.04. The number of nitrogens with zero attached hydrogens (tertiary/aromatic N) is 2. The first-order valence-corrected chi connectivity index (χ1v) is 8.10. The quantitative estimate of drug-likeness (QED) is 0.771. The van der Waals surface area contributed by atoms with Gasteiger partial charge < -0.3 is 10.6 Å². The summed E-state index contributed by atoms with van der Waals surface area (Å²) in [7, 11) is 0. The minimum absolute atomic E-state index is 0.0519. The average Bonchev–Trinajstić information content (AvgIpc) is 3.24. The number of carbonyl (C=O) groups excluding carboxylic acids is 1. The zero-order valence-electron chi connectivity index (χ0n) is 13.7. The van der Waals surface area contributed by atoms with Crippen LogP contribution in [0.3, 0.4) is 0 Å². The van der Waals surface area contributed by atoms with Crippen LogP contribution in [0.5, 0.6) is 0 Å². The van der Waals surface area contributed by atoms with Crippen LogP contribution in [0.4, 0.5) is 0 Å². The minimum Gasteiger partial charge on any atom is -0.352 e. The zero-order valence-corrected chi connectivity index (χ0v) is 13.7. The van der Waals surface area contributed by atoms with E-state index in [1.807, 2.05) is 18.5 Å². The van der Waals surface area contributed by atoms with Crippen molar-refractivity contribution in [2.75, 3.05) is 0 Å². The molecule has 1 saturated carbocycles. The van der Waals surface area contributed by atoms with Gasteiger partial charge in [-0.2, -0.15) is 5.10 Å². The first-order chi connectivity index (χ1) is 10.0. The maximum atomic E-state index is 12.1. The van der Waals surface area contributed by atoms with E-state index >= 15 is 0 Å². The SMILES string of the molecule is CCC(CC)NC(=O)Cn1nc(C)c(CNC2CC2)c1C. The fraction of sp³-hybridized carbons (Fsp3) is 0.750. The number of rotatable bonds is 8. The summed E-state index contributed by atoms with van der Waals surface area (Å²) in [5.74, 6) is 0.0519. The van der Waals surface area contributed by atoms with E-state index in [1.165, 1.54) is 18.4 Å². The Morgan fingerprint density at radius 1 is 1.33 bits per heavy atom. The zero-order chi connectivity index (χ0) is 15.4. The van der Waals surface area contributed by atoms with E-state index in [4.69, 9.17) is 0 Å². The van der Waals surface area contributed by atoms with Crippen molar-refractivity contribution in [2.45, 2.75) is 78.6 Å². The molecule has 21 heavy (non-hydrogen) atoms. The van der Waals surface area contributed by atoms with Crippen molar-refractivity contribution >= 4 is 5.91 Å². The summed E-state index contributed by atoms with van der Waals surface area (Å²) in [6.45, 7) is 9.43. The monoisotopic (exact) mass is 292 g/mol. The third-order valence-corrected chi connectivity index (χ3v) is 4.32. The predicted molar refractivity (Wildman–Crippen MR) is 84.1 cm³/mol. The second-order valence-corrected chi connectivity index (χ2v) is 6.04. The van der Waals surface area contributed by atoms with Gasteiger partial charge >= 0.3 is 0 Å². The van der Waals surface area contributed by atoms with Crippen LogP contribution in [-0.2, 0) is 17.9 Å². The summed E-state index contributed by atoms with van der Waals surface area (Å²) in [4.78, 5) is 12.1. The maximum absolute atomic E-state index is 12.1. The van der Waals surface area contributed by atoms with Crippen LogP contribution in [0, 0.1) is 13.8 Å². The molecule has 0 saturated heterocycles. The van der Waals surface area contributed by atoms with Gasteiger partial charge in [-0.25, -0.2) is 0 Å². The van der Waals surface area contributed by atoms with Gasteiger partial charge in [-0.1, -0.05) is 13.8 Å². The molecule has 1 aliphatic rings. The molecule has 1 fully saturated rings. The Bertz CT molecular complexity index is 487. The molecular weight excluding hydrogens is 264 g/mol. The van der Waals surface area contributed by atoms with Gasteiger partial charge in [0.2, 0.25) is 5.91 Å². The standard InChI is InChI=1S/C16H28N4O/c1-5-13(6-2)18-16(21)10-20-12(4)15(11(3)19-20)9-17-14-7-8-14/h13-14,17H,5-10H2,1-4H3,(H,18,21). The molecule has 0 atom stereocenters. The topological polar surface area (TPSA) is 59.0 Å². The Kier molecular flexibility index (Phi) is 5.39. The molecule has 0 radical (unpaired) electrons. The molecule has 1 amide bonds. The third-order valence-electron chi connectivity index (χ3n) is 4.32. The Morgan fingerprint density at radius 2 is 2.00 bits per heavy atom. The van der Waals surface area contributed by atoms with Gasteiger partial charge in [0.1, 0.15) is 6.54 Å². The molecule has 118 valence electrons.